The third-order valence-electron chi connectivity index (χ3n) is 4.94. The first-order valence-electron chi connectivity index (χ1n) is 9.36. The molecule has 6 heteroatoms. The van der Waals surface area contributed by atoms with Gasteiger partial charge in [0.15, 0.2) is 0 Å². The lowest BCUT2D eigenvalue weighted by molar-refractivity contribution is -0.134. The van der Waals surface area contributed by atoms with Gasteiger partial charge in [0.2, 0.25) is 11.8 Å². The second-order valence-corrected chi connectivity index (χ2v) is 6.81. The van der Waals surface area contributed by atoms with E-state index in [0.29, 0.717) is 30.8 Å². The molecular formula is C22H24N2O4. The number of benzene rings is 2. The highest BCUT2D eigenvalue weighted by Crippen LogP contribution is 2.41. The maximum absolute atomic E-state index is 12.8. The summed E-state index contributed by atoms with van der Waals surface area (Å²) in [4.78, 5) is 39.0. The van der Waals surface area contributed by atoms with E-state index in [1.807, 2.05) is 37.3 Å². The molecule has 0 saturated heterocycles. The van der Waals surface area contributed by atoms with Gasteiger partial charge in [-0.1, -0.05) is 42.5 Å². The first-order valence-corrected chi connectivity index (χ1v) is 9.36. The van der Waals surface area contributed by atoms with Crippen LogP contribution in [0.5, 0.6) is 0 Å². The summed E-state index contributed by atoms with van der Waals surface area (Å²) in [5.74, 6) is -1.45. The van der Waals surface area contributed by atoms with Crippen LogP contribution in [0.2, 0.25) is 0 Å². The minimum atomic E-state index is -0.514. The van der Waals surface area contributed by atoms with Crippen molar-refractivity contribution in [2.45, 2.75) is 19.9 Å². The average molecular weight is 380 g/mol. The van der Waals surface area contributed by atoms with Crippen LogP contribution in [0.1, 0.15) is 29.3 Å². The number of hydrogen-bond donors (Lipinski definition) is 1. The van der Waals surface area contributed by atoms with Crippen LogP contribution in [0.3, 0.4) is 0 Å². The molecule has 2 amide bonds. The molecule has 0 bridgehead atoms. The van der Waals surface area contributed by atoms with Crippen LogP contribution in [-0.4, -0.2) is 36.3 Å². The SMILES string of the molecule is CCN(Cc1ccccc1)C(=O)C1CC1C(=O)Nc1ccccc1C(=O)OC. The van der Waals surface area contributed by atoms with Crippen LogP contribution in [0.4, 0.5) is 5.69 Å². The highest BCUT2D eigenvalue weighted by atomic mass is 16.5. The molecule has 1 saturated carbocycles. The molecule has 3 rings (SSSR count). The molecule has 0 spiro atoms. The number of amides is 2. The van der Waals surface area contributed by atoms with Gasteiger partial charge in [-0.05, 0) is 31.0 Å². The van der Waals surface area contributed by atoms with E-state index in [0.717, 1.165) is 5.56 Å². The van der Waals surface area contributed by atoms with E-state index < -0.39 is 5.97 Å². The second kappa shape index (κ2) is 8.69. The number of nitrogens with one attached hydrogen (secondary N) is 1. The van der Waals surface area contributed by atoms with Crippen molar-refractivity contribution in [3.8, 4) is 0 Å². The zero-order chi connectivity index (χ0) is 20.1. The van der Waals surface area contributed by atoms with E-state index in [-0.39, 0.29) is 23.7 Å². The minimum absolute atomic E-state index is 0.00671. The van der Waals surface area contributed by atoms with Gasteiger partial charge >= 0.3 is 5.97 Å². The van der Waals surface area contributed by atoms with Gasteiger partial charge in [-0.2, -0.15) is 0 Å². The monoisotopic (exact) mass is 380 g/mol. The van der Waals surface area contributed by atoms with Crippen LogP contribution in [-0.2, 0) is 20.9 Å². The molecule has 0 aromatic heterocycles. The number of para-hydroxylation sites is 1. The van der Waals surface area contributed by atoms with Crippen molar-refractivity contribution >= 4 is 23.5 Å². The number of carbonyl (C=O) groups is 3. The number of nitrogens with zero attached hydrogens (tertiary/aromatic N) is 1. The summed E-state index contributed by atoms with van der Waals surface area (Å²) in [6, 6.07) is 16.5. The van der Waals surface area contributed by atoms with Crippen molar-refractivity contribution < 1.29 is 19.1 Å². The third kappa shape index (κ3) is 4.39. The fraction of sp³-hybridized carbons (Fsp3) is 0.318. The van der Waals surface area contributed by atoms with Gasteiger partial charge in [-0.25, -0.2) is 4.79 Å². The van der Waals surface area contributed by atoms with Crippen molar-refractivity contribution in [1.29, 1.82) is 0 Å². The number of hydrogen-bond acceptors (Lipinski definition) is 4. The fourth-order valence-corrected chi connectivity index (χ4v) is 3.25. The Morgan fingerprint density at radius 1 is 1.04 bits per heavy atom. The van der Waals surface area contributed by atoms with Crippen molar-refractivity contribution in [2.24, 2.45) is 11.8 Å². The molecule has 1 aliphatic carbocycles. The Labute approximate surface area is 164 Å². The number of anilines is 1. The van der Waals surface area contributed by atoms with Crippen LogP contribution in [0.15, 0.2) is 54.6 Å². The Bertz CT molecular complexity index is 866. The zero-order valence-corrected chi connectivity index (χ0v) is 16.1. The van der Waals surface area contributed by atoms with E-state index in [1.54, 1.807) is 29.2 Å². The van der Waals surface area contributed by atoms with Gasteiger partial charge in [0.05, 0.1) is 30.2 Å². The molecule has 2 aromatic rings. The lowest BCUT2D eigenvalue weighted by Gasteiger charge is -2.21. The molecule has 146 valence electrons. The van der Waals surface area contributed by atoms with Gasteiger partial charge in [-0.3, -0.25) is 9.59 Å². The van der Waals surface area contributed by atoms with Gasteiger partial charge < -0.3 is 15.0 Å². The maximum Gasteiger partial charge on any atom is 0.339 e. The number of ether oxygens (including phenoxy) is 1. The van der Waals surface area contributed by atoms with E-state index >= 15 is 0 Å². The lowest BCUT2D eigenvalue weighted by Crippen LogP contribution is -2.33. The second-order valence-electron chi connectivity index (χ2n) is 6.81. The Morgan fingerprint density at radius 3 is 2.39 bits per heavy atom. The molecular weight excluding hydrogens is 356 g/mol. The summed E-state index contributed by atoms with van der Waals surface area (Å²) in [6.45, 7) is 3.06. The normalized spacial score (nSPS) is 17.5. The molecule has 1 N–H and O–H groups in total. The topological polar surface area (TPSA) is 75.7 Å². The van der Waals surface area contributed by atoms with Gasteiger partial charge in [0, 0.05) is 13.1 Å². The predicted octanol–water partition coefficient (Wildman–Crippen LogP) is 3.10. The highest BCUT2D eigenvalue weighted by molar-refractivity contribution is 6.04. The Hall–Kier alpha value is -3.15. The Morgan fingerprint density at radius 2 is 1.71 bits per heavy atom. The molecule has 1 fully saturated rings. The molecule has 28 heavy (non-hydrogen) atoms. The van der Waals surface area contributed by atoms with Gasteiger partial charge in [0.1, 0.15) is 0 Å². The third-order valence-corrected chi connectivity index (χ3v) is 4.94. The summed E-state index contributed by atoms with van der Waals surface area (Å²) in [5, 5.41) is 2.77. The molecule has 0 aliphatic heterocycles. The van der Waals surface area contributed by atoms with Crippen molar-refractivity contribution in [3.05, 3.63) is 65.7 Å². The molecule has 0 heterocycles. The zero-order valence-electron chi connectivity index (χ0n) is 16.1. The van der Waals surface area contributed by atoms with Crippen LogP contribution in [0, 0.1) is 11.8 Å². The van der Waals surface area contributed by atoms with Gasteiger partial charge in [-0.15, -0.1) is 0 Å². The number of esters is 1. The average Bonchev–Trinajstić information content (AvgIpc) is 3.53. The molecule has 0 radical (unpaired) electrons. The van der Waals surface area contributed by atoms with Crippen molar-refractivity contribution in [2.75, 3.05) is 19.0 Å². The van der Waals surface area contributed by atoms with Crippen molar-refractivity contribution in [1.82, 2.24) is 4.90 Å². The molecule has 1 aliphatic rings. The quantitative estimate of drug-likeness (QED) is 0.749. The van der Waals surface area contributed by atoms with E-state index in [2.05, 4.69) is 5.32 Å². The standard InChI is InChI=1S/C22H24N2O4/c1-3-24(14-15-9-5-4-6-10-15)21(26)18-13-17(18)20(25)23-19-12-8-7-11-16(19)22(27)28-2/h4-12,17-18H,3,13-14H2,1-2H3,(H,23,25). The number of carbonyl (C=O) groups excluding carboxylic acids is 3. The minimum Gasteiger partial charge on any atom is -0.465 e. The molecule has 2 aromatic carbocycles. The molecule has 6 nitrogen and oxygen atoms in total. The van der Waals surface area contributed by atoms with E-state index in [9.17, 15) is 14.4 Å². The largest absolute Gasteiger partial charge is 0.465 e. The summed E-state index contributed by atoms with van der Waals surface area (Å²) in [7, 11) is 1.29. The smallest absolute Gasteiger partial charge is 0.339 e. The van der Waals surface area contributed by atoms with Gasteiger partial charge in [0.25, 0.3) is 0 Å². The Balaban J connectivity index is 1.62. The maximum atomic E-state index is 12.8. The van der Waals surface area contributed by atoms with Crippen molar-refractivity contribution in [3.63, 3.8) is 0 Å². The lowest BCUT2D eigenvalue weighted by atomic mass is 10.1. The van der Waals surface area contributed by atoms with Crippen LogP contribution in [0.25, 0.3) is 0 Å². The predicted molar refractivity (Wildman–Crippen MR) is 106 cm³/mol. The first-order chi connectivity index (χ1) is 13.5. The molecule has 2 atom stereocenters. The summed E-state index contributed by atoms with van der Waals surface area (Å²) < 4.78 is 4.75. The summed E-state index contributed by atoms with van der Waals surface area (Å²) in [5.41, 5.74) is 1.75. The van der Waals surface area contributed by atoms with E-state index in [4.69, 9.17) is 4.74 Å². The highest BCUT2D eigenvalue weighted by Gasteiger charge is 2.49. The first kappa shape index (κ1) is 19.6. The molecule has 2 unspecified atom stereocenters. The fourth-order valence-electron chi connectivity index (χ4n) is 3.25. The Kier molecular flexibility index (Phi) is 6.09. The summed E-state index contributed by atoms with van der Waals surface area (Å²) in [6.07, 6.45) is 0.524. The van der Waals surface area contributed by atoms with Crippen LogP contribution >= 0.6 is 0 Å². The number of rotatable bonds is 7. The van der Waals surface area contributed by atoms with E-state index in [1.165, 1.54) is 7.11 Å². The summed E-state index contributed by atoms with van der Waals surface area (Å²) >= 11 is 0. The number of methoxy groups -OCH3 is 1. The van der Waals surface area contributed by atoms with Crippen LogP contribution < -0.4 is 5.32 Å².